The molecule has 1 aliphatic carbocycles. The van der Waals surface area contributed by atoms with Crippen LogP contribution in [0.4, 0.5) is 0 Å². The maximum absolute atomic E-state index is 12.4. The summed E-state index contributed by atoms with van der Waals surface area (Å²) < 4.78 is 4.32. The summed E-state index contributed by atoms with van der Waals surface area (Å²) in [5, 5.41) is 12.2. The van der Waals surface area contributed by atoms with Crippen LogP contribution in [0.25, 0.3) is 11.3 Å². The van der Waals surface area contributed by atoms with Crippen LogP contribution in [-0.2, 0) is 4.79 Å². The largest absolute Gasteiger partial charge is 0.481 e. The topological polar surface area (TPSA) is 79.3 Å². The highest BCUT2D eigenvalue weighted by Crippen LogP contribution is 2.26. The Balaban J connectivity index is 1.71. The number of carboxylic acids is 1. The summed E-state index contributed by atoms with van der Waals surface area (Å²) in [5.41, 5.74) is 1.73. The monoisotopic (exact) mass is 330 g/mol. The van der Waals surface area contributed by atoms with Crippen molar-refractivity contribution in [3.05, 3.63) is 41.3 Å². The number of nitrogens with zero attached hydrogens (tertiary/aromatic N) is 1. The number of carbonyl (C=O) groups is 2. The first-order valence-corrected chi connectivity index (χ1v) is 8.48. The van der Waals surface area contributed by atoms with Crippen LogP contribution < -0.4 is 5.32 Å². The third-order valence-corrected chi connectivity index (χ3v) is 4.99. The van der Waals surface area contributed by atoms with Gasteiger partial charge in [-0.3, -0.25) is 9.59 Å². The predicted molar refractivity (Wildman–Crippen MR) is 88.4 cm³/mol. The Labute approximate surface area is 138 Å². The van der Waals surface area contributed by atoms with E-state index in [1.165, 1.54) is 0 Å². The number of aromatic nitrogens is 1. The molecule has 1 aliphatic rings. The van der Waals surface area contributed by atoms with E-state index in [2.05, 4.69) is 9.69 Å². The molecule has 5 nitrogen and oxygen atoms in total. The van der Waals surface area contributed by atoms with Crippen molar-refractivity contribution in [2.24, 2.45) is 5.92 Å². The van der Waals surface area contributed by atoms with Gasteiger partial charge in [-0.15, -0.1) is 0 Å². The molecule has 1 amide bonds. The first-order valence-electron chi connectivity index (χ1n) is 7.71. The zero-order valence-corrected chi connectivity index (χ0v) is 13.4. The number of hydrogen-bond donors (Lipinski definition) is 2. The molecule has 0 saturated heterocycles. The third kappa shape index (κ3) is 3.59. The van der Waals surface area contributed by atoms with Gasteiger partial charge in [0, 0.05) is 11.6 Å². The Bertz CT molecular complexity index is 699. The fourth-order valence-electron chi connectivity index (χ4n) is 2.97. The number of nitrogens with one attached hydrogen (secondary N) is 1. The number of aliphatic carboxylic acids is 1. The summed E-state index contributed by atoms with van der Waals surface area (Å²) in [5.74, 6) is -1.55. The molecule has 2 atom stereocenters. The highest BCUT2D eigenvalue weighted by molar-refractivity contribution is 7.08. The second-order valence-corrected chi connectivity index (χ2v) is 6.56. The van der Waals surface area contributed by atoms with E-state index in [0.29, 0.717) is 17.7 Å². The van der Waals surface area contributed by atoms with Gasteiger partial charge in [-0.1, -0.05) is 43.2 Å². The van der Waals surface area contributed by atoms with Crippen molar-refractivity contribution < 1.29 is 14.7 Å². The normalized spacial score (nSPS) is 20.9. The summed E-state index contributed by atoms with van der Waals surface area (Å²) in [6.45, 7) is 0. The molecule has 6 heteroatoms. The Kier molecular flexibility index (Phi) is 4.71. The summed E-state index contributed by atoms with van der Waals surface area (Å²) in [7, 11) is 0. The molecule has 23 heavy (non-hydrogen) atoms. The van der Waals surface area contributed by atoms with E-state index in [1.807, 2.05) is 30.3 Å². The SMILES string of the molecule is O=C(N[C@H]1CCCC[C@H]1C(=O)O)c1cc(-c2ccccc2)ns1. The quantitative estimate of drug-likeness (QED) is 0.902. The molecule has 1 aromatic heterocycles. The molecule has 2 aromatic rings. The van der Waals surface area contributed by atoms with Crippen LogP contribution in [0.3, 0.4) is 0 Å². The van der Waals surface area contributed by atoms with E-state index in [9.17, 15) is 14.7 Å². The number of carbonyl (C=O) groups excluding carboxylic acids is 1. The maximum atomic E-state index is 12.4. The number of benzene rings is 1. The minimum absolute atomic E-state index is 0.233. The van der Waals surface area contributed by atoms with E-state index in [4.69, 9.17) is 0 Å². The molecule has 3 rings (SSSR count). The van der Waals surface area contributed by atoms with Crippen LogP contribution in [0.2, 0.25) is 0 Å². The van der Waals surface area contributed by atoms with Crippen molar-refractivity contribution in [1.29, 1.82) is 0 Å². The number of carboxylic acid groups (broad SMARTS) is 1. The van der Waals surface area contributed by atoms with E-state index in [0.717, 1.165) is 35.6 Å². The Hall–Kier alpha value is -2.21. The lowest BCUT2D eigenvalue weighted by Gasteiger charge is -2.28. The van der Waals surface area contributed by atoms with Crippen molar-refractivity contribution >= 4 is 23.4 Å². The molecular weight excluding hydrogens is 312 g/mol. The van der Waals surface area contributed by atoms with Crippen molar-refractivity contribution in [1.82, 2.24) is 9.69 Å². The van der Waals surface area contributed by atoms with Gasteiger partial charge in [-0.05, 0) is 30.4 Å². The highest BCUT2D eigenvalue weighted by atomic mass is 32.1. The lowest BCUT2D eigenvalue weighted by atomic mass is 9.84. The minimum Gasteiger partial charge on any atom is -0.481 e. The molecule has 1 aromatic carbocycles. The Morgan fingerprint density at radius 1 is 1.17 bits per heavy atom. The van der Waals surface area contributed by atoms with Crippen molar-refractivity contribution in [2.45, 2.75) is 31.7 Å². The second kappa shape index (κ2) is 6.91. The van der Waals surface area contributed by atoms with Gasteiger partial charge >= 0.3 is 5.97 Å². The van der Waals surface area contributed by atoms with Crippen LogP contribution in [0, 0.1) is 5.92 Å². The van der Waals surface area contributed by atoms with Gasteiger partial charge in [0.05, 0.1) is 11.6 Å². The summed E-state index contributed by atoms with van der Waals surface area (Å²) in [4.78, 5) is 24.2. The number of rotatable bonds is 4. The van der Waals surface area contributed by atoms with E-state index in [1.54, 1.807) is 6.07 Å². The van der Waals surface area contributed by atoms with Crippen molar-refractivity contribution in [3.8, 4) is 11.3 Å². The van der Waals surface area contributed by atoms with Gasteiger partial charge in [-0.2, -0.15) is 4.37 Å². The van der Waals surface area contributed by atoms with E-state index < -0.39 is 11.9 Å². The molecule has 0 bridgehead atoms. The second-order valence-electron chi connectivity index (χ2n) is 5.75. The van der Waals surface area contributed by atoms with Crippen molar-refractivity contribution in [2.75, 3.05) is 0 Å². The number of amides is 1. The summed E-state index contributed by atoms with van der Waals surface area (Å²) >= 11 is 1.14. The zero-order valence-electron chi connectivity index (χ0n) is 12.6. The first kappa shape index (κ1) is 15.7. The Morgan fingerprint density at radius 2 is 1.91 bits per heavy atom. The summed E-state index contributed by atoms with van der Waals surface area (Å²) in [6, 6.07) is 11.1. The van der Waals surface area contributed by atoms with Gasteiger partial charge in [0.15, 0.2) is 0 Å². The lowest BCUT2D eigenvalue weighted by molar-refractivity contribution is -0.143. The lowest BCUT2D eigenvalue weighted by Crippen LogP contribution is -2.44. The molecule has 0 aliphatic heterocycles. The van der Waals surface area contributed by atoms with Gasteiger partial charge in [-0.25, -0.2) is 0 Å². The standard InChI is InChI=1S/C17H18N2O3S/c20-16(18-13-9-5-4-8-12(13)17(21)22)15-10-14(19-23-15)11-6-2-1-3-7-11/h1-3,6-7,10,12-13H,4-5,8-9H2,(H,18,20)(H,21,22)/t12-,13+/m1/s1. The minimum atomic E-state index is -0.829. The molecule has 1 saturated carbocycles. The van der Waals surface area contributed by atoms with E-state index in [-0.39, 0.29) is 11.9 Å². The van der Waals surface area contributed by atoms with Crippen LogP contribution in [0.15, 0.2) is 36.4 Å². The molecule has 2 N–H and O–H groups in total. The van der Waals surface area contributed by atoms with Gasteiger partial charge in [0.25, 0.3) is 5.91 Å². The molecule has 0 radical (unpaired) electrons. The number of hydrogen-bond acceptors (Lipinski definition) is 4. The average molecular weight is 330 g/mol. The average Bonchev–Trinajstić information content (AvgIpc) is 3.06. The van der Waals surface area contributed by atoms with Crippen LogP contribution in [0.1, 0.15) is 35.4 Å². The van der Waals surface area contributed by atoms with Crippen LogP contribution >= 0.6 is 11.5 Å². The molecule has 1 heterocycles. The van der Waals surface area contributed by atoms with Crippen LogP contribution in [-0.4, -0.2) is 27.4 Å². The fourth-order valence-corrected chi connectivity index (χ4v) is 3.63. The molecule has 120 valence electrons. The maximum Gasteiger partial charge on any atom is 0.308 e. The Morgan fingerprint density at radius 3 is 2.65 bits per heavy atom. The smallest absolute Gasteiger partial charge is 0.308 e. The molecular formula is C17H18N2O3S. The third-order valence-electron chi connectivity index (χ3n) is 4.20. The molecule has 0 unspecified atom stereocenters. The molecule has 0 spiro atoms. The predicted octanol–water partition coefficient (Wildman–Crippen LogP) is 3.18. The van der Waals surface area contributed by atoms with Gasteiger partial charge in [0.2, 0.25) is 0 Å². The zero-order chi connectivity index (χ0) is 16.2. The fraction of sp³-hybridized carbons (Fsp3) is 0.353. The summed E-state index contributed by atoms with van der Waals surface area (Å²) in [6.07, 6.45) is 3.19. The first-order chi connectivity index (χ1) is 11.1. The highest BCUT2D eigenvalue weighted by Gasteiger charge is 2.32. The van der Waals surface area contributed by atoms with Gasteiger partial charge in [0.1, 0.15) is 4.88 Å². The van der Waals surface area contributed by atoms with E-state index >= 15 is 0 Å². The van der Waals surface area contributed by atoms with Crippen molar-refractivity contribution in [3.63, 3.8) is 0 Å². The van der Waals surface area contributed by atoms with Crippen LogP contribution in [0.5, 0.6) is 0 Å². The van der Waals surface area contributed by atoms with Gasteiger partial charge < -0.3 is 10.4 Å². The molecule has 1 fully saturated rings.